The van der Waals surface area contributed by atoms with Crippen LogP contribution < -0.4 is 10.2 Å². The smallest absolute Gasteiger partial charge is 0.305 e. The van der Waals surface area contributed by atoms with Crippen LogP contribution in [-0.4, -0.2) is 31.1 Å². The summed E-state index contributed by atoms with van der Waals surface area (Å²) in [6.45, 7) is 0. The van der Waals surface area contributed by atoms with Gasteiger partial charge in [0.2, 0.25) is 0 Å². The van der Waals surface area contributed by atoms with Crippen LogP contribution in [0, 0.1) is 5.82 Å². The zero-order chi connectivity index (χ0) is 17.7. The number of nitrogens with zero attached hydrogens (tertiary/aromatic N) is 1. The molecule has 2 aromatic carbocycles. The molecule has 0 saturated heterocycles. The lowest BCUT2D eigenvalue weighted by molar-refractivity contribution is -0.137. The van der Waals surface area contributed by atoms with Crippen LogP contribution in [0.3, 0.4) is 0 Å². The Labute approximate surface area is 139 Å². The summed E-state index contributed by atoms with van der Waals surface area (Å²) in [6, 6.07) is 11.7. The summed E-state index contributed by atoms with van der Waals surface area (Å²) in [4.78, 5) is 25.4. The Kier molecular flexibility index (Phi) is 5.52. The highest BCUT2D eigenvalue weighted by Crippen LogP contribution is 2.19. The van der Waals surface area contributed by atoms with Gasteiger partial charge in [-0.15, -0.1) is 0 Å². The number of nitrogens with one attached hydrogen (secondary N) is 1. The first-order valence-electron chi connectivity index (χ1n) is 7.42. The second-order valence-corrected chi connectivity index (χ2v) is 5.62. The van der Waals surface area contributed by atoms with Gasteiger partial charge in [-0.1, -0.05) is 18.2 Å². The molecule has 0 aliphatic carbocycles. The number of hydrogen-bond acceptors (Lipinski definition) is 3. The third-order valence-electron chi connectivity index (χ3n) is 3.58. The van der Waals surface area contributed by atoms with E-state index in [2.05, 4.69) is 5.32 Å². The van der Waals surface area contributed by atoms with E-state index in [0.717, 1.165) is 5.69 Å². The zero-order valence-electron chi connectivity index (χ0n) is 13.5. The molecule has 6 heteroatoms. The van der Waals surface area contributed by atoms with Gasteiger partial charge in [0.15, 0.2) is 0 Å². The van der Waals surface area contributed by atoms with Crippen LogP contribution in [0.2, 0.25) is 0 Å². The number of aliphatic carboxylic acids is 1. The van der Waals surface area contributed by atoms with Crippen molar-refractivity contribution in [3.8, 4) is 0 Å². The molecule has 0 saturated carbocycles. The predicted molar refractivity (Wildman–Crippen MR) is 89.6 cm³/mol. The molecule has 0 aromatic heterocycles. The minimum absolute atomic E-state index is 0.287. The summed E-state index contributed by atoms with van der Waals surface area (Å²) in [5.41, 5.74) is 1.83. The molecular formula is C18H19FN2O3. The number of halogens is 1. The molecule has 0 bridgehead atoms. The number of carboxylic acid groups (broad SMARTS) is 1. The van der Waals surface area contributed by atoms with Crippen molar-refractivity contribution in [1.82, 2.24) is 5.32 Å². The normalized spacial score (nSPS) is 11.6. The van der Waals surface area contributed by atoms with Gasteiger partial charge in [0, 0.05) is 25.3 Å². The molecule has 2 aromatic rings. The summed E-state index contributed by atoms with van der Waals surface area (Å²) in [6.07, 6.45) is -0.287. The topological polar surface area (TPSA) is 69.6 Å². The van der Waals surface area contributed by atoms with Gasteiger partial charge < -0.3 is 15.3 Å². The van der Waals surface area contributed by atoms with E-state index in [-0.39, 0.29) is 12.3 Å². The second-order valence-electron chi connectivity index (χ2n) is 5.62. The fraction of sp³-hybridized carbons (Fsp3) is 0.222. The number of amides is 1. The highest BCUT2D eigenvalue weighted by atomic mass is 19.1. The summed E-state index contributed by atoms with van der Waals surface area (Å²) in [5, 5.41) is 11.8. The predicted octanol–water partition coefficient (Wildman–Crippen LogP) is 2.84. The van der Waals surface area contributed by atoms with E-state index in [0.29, 0.717) is 11.1 Å². The van der Waals surface area contributed by atoms with Crippen LogP contribution in [0.15, 0.2) is 48.5 Å². The lowest BCUT2D eigenvalue weighted by Gasteiger charge is -2.18. The molecule has 0 heterocycles. The SMILES string of the molecule is CN(C)c1cccc(C(=O)NC(CC(=O)O)c2ccc(F)cc2)c1. The van der Waals surface area contributed by atoms with Gasteiger partial charge in [0.05, 0.1) is 12.5 Å². The van der Waals surface area contributed by atoms with E-state index in [1.807, 2.05) is 25.1 Å². The van der Waals surface area contributed by atoms with Gasteiger partial charge in [-0.2, -0.15) is 0 Å². The van der Waals surface area contributed by atoms with E-state index >= 15 is 0 Å². The fourth-order valence-corrected chi connectivity index (χ4v) is 2.29. The van der Waals surface area contributed by atoms with Crippen LogP contribution in [0.25, 0.3) is 0 Å². The van der Waals surface area contributed by atoms with Crippen molar-refractivity contribution in [2.45, 2.75) is 12.5 Å². The Balaban J connectivity index is 2.22. The molecule has 0 aliphatic heterocycles. The Morgan fingerprint density at radius 3 is 2.42 bits per heavy atom. The maximum absolute atomic E-state index is 13.1. The summed E-state index contributed by atoms with van der Waals surface area (Å²) < 4.78 is 13.1. The minimum atomic E-state index is -1.05. The molecule has 1 unspecified atom stereocenters. The van der Waals surface area contributed by atoms with Crippen molar-refractivity contribution in [3.05, 3.63) is 65.5 Å². The molecule has 126 valence electrons. The molecule has 1 atom stereocenters. The van der Waals surface area contributed by atoms with E-state index in [9.17, 15) is 14.0 Å². The maximum atomic E-state index is 13.1. The third-order valence-corrected chi connectivity index (χ3v) is 3.58. The van der Waals surface area contributed by atoms with Crippen molar-refractivity contribution in [2.75, 3.05) is 19.0 Å². The Morgan fingerprint density at radius 2 is 1.83 bits per heavy atom. The van der Waals surface area contributed by atoms with Crippen LogP contribution in [0.1, 0.15) is 28.4 Å². The van der Waals surface area contributed by atoms with Crippen molar-refractivity contribution in [3.63, 3.8) is 0 Å². The Hall–Kier alpha value is -2.89. The van der Waals surface area contributed by atoms with Gasteiger partial charge in [0.1, 0.15) is 5.82 Å². The molecule has 0 radical (unpaired) electrons. The molecule has 0 aliphatic rings. The van der Waals surface area contributed by atoms with Gasteiger partial charge in [0.25, 0.3) is 5.91 Å². The molecule has 24 heavy (non-hydrogen) atoms. The van der Waals surface area contributed by atoms with Crippen LogP contribution in [-0.2, 0) is 4.79 Å². The highest BCUT2D eigenvalue weighted by molar-refractivity contribution is 5.95. The monoisotopic (exact) mass is 330 g/mol. The van der Waals surface area contributed by atoms with Gasteiger partial charge >= 0.3 is 5.97 Å². The molecule has 0 spiro atoms. The van der Waals surface area contributed by atoms with Crippen LogP contribution in [0.5, 0.6) is 0 Å². The first-order chi connectivity index (χ1) is 11.4. The summed E-state index contributed by atoms with van der Waals surface area (Å²) in [7, 11) is 3.73. The maximum Gasteiger partial charge on any atom is 0.305 e. The Morgan fingerprint density at radius 1 is 1.17 bits per heavy atom. The van der Waals surface area contributed by atoms with Crippen LogP contribution in [0.4, 0.5) is 10.1 Å². The number of benzene rings is 2. The molecule has 0 fully saturated rings. The number of rotatable bonds is 6. The largest absolute Gasteiger partial charge is 0.481 e. The number of carbonyl (C=O) groups is 2. The first kappa shape index (κ1) is 17.5. The number of anilines is 1. The van der Waals surface area contributed by atoms with Crippen molar-refractivity contribution >= 4 is 17.6 Å². The first-order valence-corrected chi connectivity index (χ1v) is 7.42. The van der Waals surface area contributed by atoms with Gasteiger partial charge in [-0.25, -0.2) is 4.39 Å². The van der Waals surface area contributed by atoms with E-state index in [4.69, 9.17) is 5.11 Å². The third kappa shape index (κ3) is 4.55. The molecule has 5 nitrogen and oxygen atoms in total. The molecule has 1 amide bonds. The number of carboxylic acids is 1. The zero-order valence-corrected chi connectivity index (χ0v) is 13.5. The summed E-state index contributed by atoms with van der Waals surface area (Å²) in [5.74, 6) is -1.85. The van der Waals surface area contributed by atoms with Crippen molar-refractivity contribution in [2.24, 2.45) is 0 Å². The fourth-order valence-electron chi connectivity index (χ4n) is 2.29. The molecular weight excluding hydrogens is 311 g/mol. The standard InChI is InChI=1S/C18H19FN2O3/c1-21(2)15-5-3-4-13(10-15)18(24)20-16(11-17(22)23)12-6-8-14(19)9-7-12/h3-10,16H,11H2,1-2H3,(H,20,24)(H,22,23). The van der Waals surface area contributed by atoms with Crippen molar-refractivity contribution < 1.29 is 19.1 Å². The lowest BCUT2D eigenvalue weighted by atomic mass is 10.0. The van der Waals surface area contributed by atoms with Crippen LogP contribution >= 0.6 is 0 Å². The van der Waals surface area contributed by atoms with E-state index in [1.165, 1.54) is 24.3 Å². The van der Waals surface area contributed by atoms with E-state index in [1.54, 1.807) is 18.2 Å². The average Bonchev–Trinajstić information content (AvgIpc) is 2.54. The number of carbonyl (C=O) groups excluding carboxylic acids is 1. The van der Waals surface area contributed by atoms with Gasteiger partial charge in [-0.05, 0) is 35.9 Å². The Bertz CT molecular complexity index is 729. The lowest BCUT2D eigenvalue weighted by Crippen LogP contribution is -2.30. The molecule has 2 rings (SSSR count). The molecule has 2 N–H and O–H groups in total. The summed E-state index contributed by atoms with van der Waals surface area (Å²) >= 11 is 0. The quantitative estimate of drug-likeness (QED) is 0.854. The second kappa shape index (κ2) is 7.59. The minimum Gasteiger partial charge on any atom is -0.481 e. The highest BCUT2D eigenvalue weighted by Gasteiger charge is 2.19. The number of hydrogen-bond donors (Lipinski definition) is 2. The average molecular weight is 330 g/mol. The van der Waals surface area contributed by atoms with Crippen molar-refractivity contribution in [1.29, 1.82) is 0 Å². The van der Waals surface area contributed by atoms with Gasteiger partial charge in [-0.3, -0.25) is 9.59 Å². The van der Waals surface area contributed by atoms with E-state index < -0.39 is 17.8 Å².